The number of benzene rings is 1. The number of nitrogens with zero attached hydrogens (tertiary/aromatic N) is 4. The molecule has 0 unspecified atom stereocenters. The summed E-state index contributed by atoms with van der Waals surface area (Å²) in [5.74, 6) is -0.553. The van der Waals surface area contributed by atoms with Gasteiger partial charge in [-0.1, -0.05) is 0 Å². The minimum Gasteiger partial charge on any atom is -0.408 e. The minimum atomic E-state index is -0.636. The Hall–Kier alpha value is -2.87. The number of rotatable bonds is 2. The van der Waals surface area contributed by atoms with Crippen molar-refractivity contribution in [2.45, 2.75) is 32.5 Å². The molecule has 8 nitrogen and oxygen atoms in total. The Morgan fingerprint density at radius 3 is 2.88 bits per heavy atom. The van der Waals surface area contributed by atoms with Crippen LogP contribution in [0.4, 0.5) is 0 Å². The summed E-state index contributed by atoms with van der Waals surface area (Å²) < 4.78 is 8.36. The summed E-state index contributed by atoms with van der Waals surface area (Å²) in [6, 6.07) is 6.86. The predicted molar refractivity (Wildman–Crippen MR) is 93.7 cm³/mol. The van der Waals surface area contributed by atoms with Gasteiger partial charge in [-0.2, -0.15) is 5.10 Å². The maximum Gasteiger partial charge on any atom is 0.419 e. The van der Waals surface area contributed by atoms with Gasteiger partial charge in [-0.3, -0.25) is 14.0 Å². The summed E-state index contributed by atoms with van der Waals surface area (Å²) in [7, 11) is 1.62. The predicted octanol–water partition coefficient (Wildman–Crippen LogP) is 1.43. The van der Waals surface area contributed by atoms with Crippen molar-refractivity contribution in [1.82, 2.24) is 19.2 Å². The number of fused-ring (bicyclic) bond motifs is 2. The third-order valence-corrected chi connectivity index (χ3v) is 4.79. The van der Waals surface area contributed by atoms with Crippen LogP contribution in [0.25, 0.3) is 11.1 Å². The molecule has 1 aliphatic heterocycles. The average molecular weight is 356 g/mol. The molecule has 0 radical (unpaired) electrons. The topological polar surface area (TPSA) is 93.5 Å². The molecule has 1 aromatic carbocycles. The first-order valence-electron chi connectivity index (χ1n) is 8.57. The van der Waals surface area contributed by atoms with E-state index in [9.17, 15) is 14.7 Å². The first-order valence-corrected chi connectivity index (χ1v) is 8.57. The summed E-state index contributed by atoms with van der Waals surface area (Å²) in [6.45, 7) is 3.44. The van der Waals surface area contributed by atoms with E-state index in [0.717, 1.165) is 12.1 Å². The third-order valence-electron chi connectivity index (χ3n) is 4.79. The fraction of sp³-hybridized carbons (Fsp3) is 0.389. The van der Waals surface area contributed by atoms with Gasteiger partial charge in [-0.05, 0) is 37.6 Å². The quantitative estimate of drug-likeness (QED) is 0.750. The Bertz CT molecular complexity index is 1040. The smallest absolute Gasteiger partial charge is 0.408 e. The zero-order valence-electron chi connectivity index (χ0n) is 14.7. The highest BCUT2D eigenvalue weighted by molar-refractivity contribution is 5.97. The minimum absolute atomic E-state index is 0.103. The molecule has 0 saturated heterocycles. The number of aliphatic hydroxyl groups excluding tert-OH is 1. The Kier molecular flexibility index (Phi) is 3.91. The van der Waals surface area contributed by atoms with E-state index in [1.54, 1.807) is 37.1 Å². The molecular formula is C18H20N4O4. The number of aryl methyl sites for hydroxylation is 2. The first kappa shape index (κ1) is 16.6. The van der Waals surface area contributed by atoms with E-state index in [1.165, 1.54) is 4.57 Å². The summed E-state index contributed by atoms with van der Waals surface area (Å²) in [5.41, 5.74) is 3.09. The Labute approximate surface area is 149 Å². The van der Waals surface area contributed by atoms with Crippen LogP contribution in [0.2, 0.25) is 0 Å². The second-order valence-corrected chi connectivity index (χ2v) is 6.65. The lowest BCUT2D eigenvalue weighted by molar-refractivity contribution is 0.0746. The van der Waals surface area contributed by atoms with Crippen molar-refractivity contribution in [2.75, 3.05) is 6.54 Å². The van der Waals surface area contributed by atoms with Crippen LogP contribution in [0, 0.1) is 0 Å². The summed E-state index contributed by atoms with van der Waals surface area (Å²) in [6.07, 6.45) is 0.148. The molecule has 1 N–H and O–H groups in total. The lowest BCUT2D eigenvalue weighted by atomic mass is 10.1. The average Bonchev–Trinajstić information content (AvgIpc) is 3.08. The van der Waals surface area contributed by atoms with Crippen molar-refractivity contribution >= 4 is 17.0 Å². The van der Waals surface area contributed by atoms with Gasteiger partial charge in [0.15, 0.2) is 5.58 Å². The van der Waals surface area contributed by atoms with Gasteiger partial charge in [-0.25, -0.2) is 4.79 Å². The zero-order chi connectivity index (χ0) is 18.4. The van der Waals surface area contributed by atoms with Gasteiger partial charge in [0, 0.05) is 25.7 Å². The molecule has 26 heavy (non-hydrogen) atoms. The van der Waals surface area contributed by atoms with Crippen molar-refractivity contribution in [3.8, 4) is 0 Å². The second kappa shape index (κ2) is 6.14. The zero-order valence-corrected chi connectivity index (χ0v) is 14.7. The highest BCUT2D eigenvalue weighted by Crippen LogP contribution is 2.21. The second-order valence-electron chi connectivity index (χ2n) is 6.65. The van der Waals surface area contributed by atoms with E-state index in [-0.39, 0.29) is 5.91 Å². The van der Waals surface area contributed by atoms with Gasteiger partial charge < -0.3 is 14.4 Å². The van der Waals surface area contributed by atoms with Crippen LogP contribution in [0.15, 0.2) is 33.5 Å². The van der Waals surface area contributed by atoms with Gasteiger partial charge in [0.05, 0.1) is 29.6 Å². The highest BCUT2D eigenvalue weighted by Gasteiger charge is 2.23. The van der Waals surface area contributed by atoms with Crippen LogP contribution in [0.5, 0.6) is 0 Å². The van der Waals surface area contributed by atoms with Gasteiger partial charge in [0.25, 0.3) is 5.91 Å². The molecule has 1 atom stereocenters. The summed E-state index contributed by atoms with van der Waals surface area (Å²) >= 11 is 0. The fourth-order valence-electron chi connectivity index (χ4n) is 3.30. The molecule has 0 spiro atoms. The lowest BCUT2D eigenvalue weighted by Crippen LogP contribution is -2.30. The molecule has 136 valence electrons. The van der Waals surface area contributed by atoms with Crippen LogP contribution in [0.1, 0.15) is 41.2 Å². The van der Waals surface area contributed by atoms with E-state index < -0.39 is 11.9 Å². The number of carbonyl (C=O) groups excluding carboxylic acids is 1. The molecule has 4 rings (SSSR count). The van der Waals surface area contributed by atoms with E-state index in [2.05, 4.69) is 5.10 Å². The molecule has 0 bridgehead atoms. The number of aliphatic hydroxyl groups is 1. The highest BCUT2D eigenvalue weighted by atomic mass is 16.4. The number of aromatic nitrogens is 3. The molecule has 3 heterocycles. The van der Waals surface area contributed by atoms with E-state index in [1.807, 2.05) is 10.7 Å². The van der Waals surface area contributed by atoms with Crippen molar-refractivity contribution in [3.05, 3.63) is 51.8 Å². The largest absolute Gasteiger partial charge is 0.419 e. The Morgan fingerprint density at radius 2 is 2.12 bits per heavy atom. The molecule has 2 aromatic heterocycles. The number of carbonyl (C=O) groups is 1. The molecule has 0 fully saturated rings. The van der Waals surface area contributed by atoms with Crippen molar-refractivity contribution < 1.29 is 14.3 Å². The number of hydrogen-bond acceptors (Lipinski definition) is 5. The van der Waals surface area contributed by atoms with Gasteiger partial charge in [0.2, 0.25) is 0 Å². The van der Waals surface area contributed by atoms with Crippen molar-refractivity contribution in [1.29, 1.82) is 0 Å². The van der Waals surface area contributed by atoms with Gasteiger partial charge >= 0.3 is 5.76 Å². The van der Waals surface area contributed by atoms with E-state index in [4.69, 9.17) is 4.42 Å². The van der Waals surface area contributed by atoms with Gasteiger partial charge in [0.1, 0.15) is 0 Å². The van der Waals surface area contributed by atoms with E-state index in [0.29, 0.717) is 42.0 Å². The van der Waals surface area contributed by atoms with Gasteiger partial charge in [-0.15, -0.1) is 0 Å². The van der Waals surface area contributed by atoms with E-state index >= 15 is 0 Å². The molecular weight excluding hydrogens is 336 g/mol. The maximum atomic E-state index is 13.0. The molecule has 8 heteroatoms. The molecule has 0 aliphatic carbocycles. The SMILES string of the molecule is C[C@H](O)c1cc2n(n1)CCCN(C(=O)c1ccc3oc(=O)n(C)c3c1)C2. The van der Waals surface area contributed by atoms with Crippen molar-refractivity contribution in [3.63, 3.8) is 0 Å². The normalized spacial score (nSPS) is 15.7. The number of oxazole rings is 1. The van der Waals surface area contributed by atoms with Crippen LogP contribution in [0.3, 0.4) is 0 Å². The molecule has 1 amide bonds. The molecule has 1 aliphatic rings. The Morgan fingerprint density at radius 1 is 1.31 bits per heavy atom. The monoisotopic (exact) mass is 356 g/mol. The maximum absolute atomic E-state index is 13.0. The summed E-state index contributed by atoms with van der Waals surface area (Å²) in [4.78, 5) is 26.4. The standard InChI is InChI=1S/C18H20N4O4/c1-11(23)14-9-13-10-21(6-3-7-22(13)19-14)17(24)12-4-5-16-15(8-12)20(2)18(25)26-16/h4-5,8-9,11,23H,3,6-7,10H2,1-2H3/t11-/m0/s1. The first-order chi connectivity index (χ1) is 12.4. The van der Waals surface area contributed by atoms with Crippen molar-refractivity contribution in [2.24, 2.45) is 7.05 Å². The van der Waals surface area contributed by atoms with Crippen LogP contribution < -0.4 is 5.76 Å². The Balaban J connectivity index is 1.65. The lowest BCUT2D eigenvalue weighted by Gasteiger charge is -2.20. The third kappa shape index (κ3) is 2.72. The molecule has 3 aromatic rings. The number of amides is 1. The molecule has 0 saturated carbocycles. The van der Waals surface area contributed by atoms with Crippen LogP contribution >= 0.6 is 0 Å². The van der Waals surface area contributed by atoms with Crippen LogP contribution in [-0.4, -0.2) is 36.8 Å². The fourth-order valence-corrected chi connectivity index (χ4v) is 3.30. The number of hydrogen-bond donors (Lipinski definition) is 1. The van der Waals surface area contributed by atoms with Crippen LogP contribution in [-0.2, 0) is 20.1 Å². The summed E-state index contributed by atoms with van der Waals surface area (Å²) in [5, 5.41) is 14.1.